The summed E-state index contributed by atoms with van der Waals surface area (Å²) in [7, 11) is 0. The van der Waals surface area contributed by atoms with Crippen LogP contribution in [0.3, 0.4) is 0 Å². The largest absolute Gasteiger partial charge is 0.352 e. The Morgan fingerprint density at radius 2 is 1.89 bits per heavy atom. The maximum atomic E-state index is 10.5. The lowest BCUT2D eigenvalue weighted by molar-refractivity contribution is 0.249. The van der Waals surface area contributed by atoms with Crippen LogP contribution >= 0.6 is 0 Å². The zero-order chi connectivity index (χ0) is 13.4. The maximum Gasteiger partial charge on any atom is 0.312 e. The number of aryl methyl sites for hydroxylation is 1. The van der Waals surface area contributed by atoms with Gasteiger partial charge in [-0.05, 0) is 24.0 Å². The van der Waals surface area contributed by atoms with Crippen LogP contribution in [0.25, 0.3) is 0 Å². The Hall–Kier alpha value is -1.55. The lowest BCUT2D eigenvalue weighted by Gasteiger charge is -2.17. The van der Waals surface area contributed by atoms with Crippen molar-refractivity contribution in [2.45, 2.75) is 32.7 Å². The number of primary amides is 1. The minimum Gasteiger partial charge on any atom is -0.352 e. The van der Waals surface area contributed by atoms with E-state index in [-0.39, 0.29) is 0 Å². The van der Waals surface area contributed by atoms with Crippen LogP contribution in [0.4, 0.5) is 4.79 Å². The number of rotatable bonds is 7. The molecule has 1 aromatic carbocycles. The molecule has 100 valence electrons. The van der Waals surface area contributed by atoms with Gasteiger partial charge in [-0.25, -0.2) is 4.79 Å². The highest BCUT2D eigenvalue weighted by molar-refractivity contribution is 5.71. The van der Waals surface area contributed by atoms with Crippen molar-refractivity contribution < 1.29 is 4.79 Å². The van der Waals surface area contributed by atoms with E-state index in [1.165, 1.54) is 11.1 Å². The summed E-state index contributed by atoms with van der Waals surface area (Å²) in [5.74, 6) is 0. The monoisotopic (exact) mass is 249 g/mol. The third kappa shape index (κ3) is 4.75. The standard InChI is InChI=1S/C14H23N3O/c1-3-11-5-7-12(8-6-11)13(4-2)16-9-10-17-14(15)18/h5-8,13,16H,3-4,9-10H2,1-2H3,(H3,15,17,18). The minimum absolute atomic E-state index is 0.325. The second kappa shape index (κ2) is 7.71. The van der Waals surface area contributed by atoms with Gasteiger partial charge in [0.15, 0.2) is 0 Å². The molecule has 0 saturated carbocycles. The smallest absolute Gasteiger partial charge is 0.312 e. The van der Waals surface area contributed by atoms with Crippen molar-refractivity contribution in [1.29, 1.82) is 0 Å². The van der Waals surface area contributed by atoms with Gasteiger partial charge in [0.25, 0.3) is 0 Å². The molecule has 18 heavy (non-hydrogen) atoms. The SMILES string of the molecule is CCc1ccc(C(CC)NCCNC(N)=O)cc1. The summed E-state index contributed by atoms with van der Waals surface area (Å²) in [4.78, 5) is 10.5. The van der Waals surface area contributed by atoms with Gasteiger partial charge in [0, 0.05) is 19.1 Å². The number of carbonyl (C=O) groups is 1. The van der Waals surface area contributed by atoms with Crippen LogP contribution in [-0.4, -0.2) is 19.1 Å². The normalized spacial score (nSPS) is 12.1. The van der Waals surface area contributed by atoms with E-state index < -0.39 is 6.03 Å². The highest BCUT2D eigenvalue weighted by atomic mass is 16.2. The number of carbonyl (C=O) groups excluding carboxylic acids is 1. The van der Waals surface area contributed by atoms with E-state index in [2.05, 4.69) is 48.7 Å². The van der Waals surface area contributed by atoms with E-state index >= 15 is 0 Å². The van der Waals surface area contributed by atoms with Crippen molar-refractivity contribution in [3.05, 3.63) is 35.4 Å². The van der Waals surface area contributed by atoms with Gasteiger partial charge in [-0.3, -0.25) is 0 Å². The van der Waals surface area contributed by atoms with Gasteiger partial charge in [0.2, 0.25) is 0 Å². The topological polar surface area (TPSA) is 67.2 Å². The number of nitrogens with two attached hydrogens (primary N) is 1. The Morgan fingerprint density at radius 1 is 1.22 bits per heavy atom. The average Bonchev–Trinajstić information content (AvgIpc) is 2.39. The van der Waals surface area contributed by atoms with E-state index in [0.29, 0.717) is 12.6 Å². The molecule has 4 nitrogen and oxygen atoms in total. The average molecular weight is 249 g/mol. The molecule has 1 rings (SSSR count). The molecule has 1 unspecified atom stereocenters. The van der Waals surface area contributed by atoms with E-state index in [4.69, 9.17) is 5.73 Å². The number of hydrogen-bond acceptors (Lipinski definition) is 2. The van der Waals surface area contributed by atoms with Gasteiger partial charge in [0.1, 0.15) is 0 Å². The first-order valence-electron chi connectivity index (χ1n) is 6.52. The molecule has 1 atom stereocenters. The van der Waals surface area contributed by atoms with Crippen molar-refractivity contribution in [3.8, 4) is 0 Å². The van der Waals surface area contributed by atoms with Gasteiger partial charge in [-0.1, -0.05) is 38.1 Å². The van der Waals surface area contributed by atoms with Gasteiger partial charge in [0.05, 0.1) is 0 Å². The summed E-state index contributed by atoms with van der Waals surface area (Å²) in [5, 5.41) is 5.98. The number of nitrogens with one attached hydrogen (secondary N) is 2. The first-order chi connectivity index (χ1) is 8.67. The summed E-state index contributed by atoms with van der Waals surface area (Å²) in [6.45, 7) is 5.57. The number of urea groups is 1. The number of benzene rings is 1. The predicted molar refractivity (Wildman–Crippen MR) is 74.4 cm³/mol. The van der Waals surface area contributed by atoms with E-state index in [0.717, 1.165) is 19.4 Å². The van der Waals surface area contributed by atoms with Gasteiger partial charge in [-0.15, -0.1) is 0 Å². The van der Waals surface area contributed by atoms with Crippen LogP contribution in [0.15, 0.2) is 24.3 Å². The molecule has 0 radical (unpaired) electrons. The summed E-state index contributed by atoms with van der Waals surface area (Å²) in [6.07, 6.45) is 2.08. The summed E-state index contributed by atoms with van der Waals surface area (Å²) >= 11 is 0. The van der Waals surface area contributed by atoms with Crippen LogP contribution in [0.5, 0.6) is 0 Å². The van der Waals surface area contributed by atoms with Gasteiger partial charge >= 0.3 is 6.03 Å². The second-order valence-electron chi connectivity index (χ2n) is 4.30. The second-order valence-corrected chi connectivity index (χ2v) is 4.30. The Bertz CT molecular complexity index is 362. The Labute approximate surface area is 109 Å². The van der Waals surface area contributed by atoms with Crippen LogP contribution in [0.2, 0.25) is 0 Å². The van der Waals surface area contributed by atoms with Gasteiger partial charge < -0.3 is 16.4 Å². The molecule has 0 spiro atoms. The molecular weight excluding hydrogens is 226 g/mol. The molecule has 4 heteroatoms. The van der Waals surface area contributed by atoms with E-state index in [1.807, 2.05) is 0 Å². The molecule has 0 fully saturated rings. The lowest BCUT2D eigenvalue weighted by atomic mass is 10.0. The maximum absolute atomic E-state index is 10.5. The van der Waals surface area contributed by atoms with Crippen molar-refractivity contribution in [2.24, 2.45) is 5.73 Å². The van der Waals surface area contributed by atoms with E-state index in [9.17, 15) is 4.79 Å². The number of amides is 2. The zero-order valence-electron chi connectivity index (χ0n) is 11.2. The Morgan fingerprint density at radius 3 is 2.39 bits per heavy atom. The fraction of sp³-hybridized carbons (Fsp3) is 0.500. The van der Waals surface area contributed by atoms with Crippen LogP contribution < -0.4 is 16.4 Å². The molecule has 4 N–H and O–H groups in total. The van der Waals surface area contributed by atoms with Crippen LogP contribution in [-0.2, 0) is 6.42 Å². The van der Waals surface area contributed by atoms with Crippen molar-refractivity contribution in [1.82, 2.24) is 10.6 Å². The molecule has 0 aromatic heterocycles. The van der Waals surface area contributed by atoms with E-state index in [1.54, 1.807) is 0 Å². The Kier molecular flexibility index (Phi) is 6.22. The Balaban J connectivity index is 2.46. The number of hydrogen-bond donors (Lipinski definition) is 3. The predicted octanol–water partition coefficient (Wildman–Crippen LogP) is 1.96. The first-order valence-corrected chi connectivity index (χ1v) is 6.52. The lowest BCUT2D eigenvalue weighted by Crippen LogP contribution is -2.36. The van der Waals surface area contributed by atoms with Crippen LogP contribution in [0, 0.1) is 0 Å². The van der Waals surface area contributed by atoms with Crippen molar-refractivity contribution in [3.63, 3.8) is 0 Å². The fourth-order valence-corrected chi connectivity index (χ4v) is 1.92. The fourth-order valence-electron chi connectivity index (χ4n) is 1.92. The molecule has 0 aliphatic heterocycles. The minimum atomic E-state index is -0.475. The quantitative estimate of drug-likeness (QED) is 0.647. The highest BCUT2D eigenvalue weighted by Crippen LogP contribution is 2.17. The summed E-state index contributed by atoms with van der Waals surface area (Å²) < 4.78 is 0. The zero-order valence-corrected chi connectivity index (χ0v) is 11.2. The van der Waals surface area contributed by atoms with Gasteiger partial charge in [-0.2, -0.15) is 0 Å². The molecule has 0 bridgehead atoms. The third-order valence-electron chi connectivity index (χ3n) is 3.01. The molecule has 0 saturated heterocycles. The third-order valence-corrected chi connectivity index (χ3v) is 3.01. The molecule has 0 aliphatic carbocycles. The molecule has 1 aromatic rings. The van der Waals surface area contributed by atoms with Crippen molar-refractivity contribution in [2.75, 3.05) is 13.1 Å². The molecule has 0 heterocycles. The molecular formula is C14H23N3O. The van der Waals surface area contributed by atoms with Crippen LogP contribution in [0.1, 0.15) is 37.4 Å². The summed E-state index contributed by atoms with van der Waals surface area (Å²) in [5.41, 5.74) is 7.64. The van der Waals surface area contributed by atoms with Crippen molar-refractivity contribution >= 4 is 6.03 Å². The molecule has 0 aliphatic rings. The summed E-state index contributed by atoms with van der Waals surface area (Å²) in [6, 6.07) is 8.52. The highest BCUT2D eigenvalue weighted by Gasteiger charge is 2.07. The molecule has 2 amide bonds. The first kappa shape index (κ1) is 14.5.